The van der Waals surface area contributed by atoms with Crippen LogP contribution in [0, 0.1) is 0 Å². The molecule has 0 aromatic carbocycles. The molecule has 0 spiro atoms. The summed E-state index contributed by atoms with van der Waals surface area (Å²) in [5, 5.41) is -0.149. The molecule has 3 unspecified atom stereocenters. The van der Waals surface area contributed by atoms with Crippen LogP contribution in [0.15, 0.2) is 23.9 Å². The molecular formula is C13H11Cl3N2O3. The summed E-state index contributed by atoms with van der Waals surface area (Å²) in [7, 11) is 0. The topological polar surface area (TPSA) is 51.7 Å². The summed E-state index contributed by atoms with van der Waals surface area (Å²) in [6.45, 7) is 1.94. The van der Waals surface area contributed by atoms with Gasteiger partial charge < -0.3 is 9.57 Å². The number of halogens is 3. The van der Waals surface area contributed by atoms with Crippen molar-refractivity contribution in [1.29, 1.82) is 0 Å². The van der Waals surface area contributed by atoms with E-state index in [0.717, 1.165) is 0 Å². The molecule has 0 bridgehead atoms. The number of alkyl halides is 3. The van der Waals surface area contributed by atoms with Crippen LogP contribution < -0.4 is 4.84 Å². The first kappa shape index (κ1) is 14.8. The summed E-state index contributed by atoms with van der Waals surface area (Å²) in [6.07, 6.45) is 1.60. The van der Waals surface area contributed by atoms with Gasteiger partial charge in [-0.15, -0.1) is 23.2 Å². The third kappa shape index (κ3) is 2.24. The minimum atomic E-state index is -0.795. The van der Waals surface area contributed by atoms with Crippen LogP contribution in [0.4, 0.5) is 0 Å². The Kier molecular flexibility index (Phi) is 3.90. The average molecular weight is 350 g/mol. The summed E-state index contributed by atoms with van der Waals surface area (Å²) in [6, 6.07) is 3.45. The van der Waals surface area contributed by atoms with Gasteiger partial charge in [-0.2, -0.15) is 5.06 Å². The Balaban J connectivity index is 2.19. The Hall–Kier alpha value is -1.17. The highest BCUT2D eigenvalue weighted by molar-refractivity contribution is 6.38. The molecule has 3 heterocycles. The van der Waals surface area contributed by atoms with E-state index in [0.29, 0.717) is 17.1 Å². The van der Waals surface area contributed by atoms with Crippen LogP contribution >= 0.6 is 34.8 Å². The van der Waals surface area contributed by atoms with Gasteiger partial charge in [-0.05, 0) is 19.1 Å². The number of rotatable bonds is 2. The summed E-state index contributed by atoms with van der Waals surface area (Å²) in [5.41, 5.74) is 0.408. The van der Waals surface area contributed by atoms with Crippen molar-refractivity contribution in [2.45, 2.75) is 23.2 Å². The maximum Gasteiger partial charge on any atom is 0.337 e. The smallest absolute Gasteiger partial charge is 0.337 e. The van der Waals surface area contributed by atoms with Crippen LogP contribution in [0.3, 0.4) is 0 Å². The van der Waals surface area contributed by atoms with Gasteiger partial charge in [-0.3, -0.25) is 4.98 Å². The number of pyridine rings is 1. The molecule has 0 radical (unpaired) electrons. The predicted molar refractivity (Wildman–Crippen MR) is 79.2 cm³/mol. The fourth-order valence-electron chi connectivity index (χ4n) is 2.29. The molecule has 2 aliphatic heterocycles. The highest BCUT2D eigenvalue weighted by Crippen LogP contribution is 2.46. The summed E-state index contributed by atoms with van der Waals surface area (Å²) in [5.74, 6) is -0.0524. The quantitative estimate of drug-likeness (QED) is 0.467. The lowest BCUT2D eigenvalue weighted by Gasteiger charge is -2.35. The third-order valence-corrected chi connectivity index (χ3v) is 4.89. The second kappa shape index (κ2) is 5.55. The van der Waals surface area contributed by atoms with Crippen LogP contribution in [-0.2, 0) is 9.53 Å². The summed E-state index contributed by atoms with van der Waals surface area (Å²) < 4.78 is 5.07. The van der Waals surface area contributed by atoms with Gasteiger partial charge in [0, 0.05) is 6.20 Å². The number of fused-ring (bicyclic) bond motifs is 3. The fraction of sp³-hybridized carbons (Fsp3) is 0.385. The van der Waals surface area contributed by atoms with Crippen LogP contribution in [-0.4, -0.2) is 38.9 Å². The van der Waals surface area contributed by atoms with E-state index in [-0.39, 0.29) is 12.2 Å². The van der Waals surface area contributed by atoms with Crippen LogP contribution in [0.1, 0.15) is 12.6 Å². The van der Waals surface area contributed by atoms with Gasteiger partial charge in [0.2, 0.25) is 0 Å². The van der Waals surface area contributed by atoms with Gasteiger partial charge in [0.1, 0.15) is 11.4 Å². The Morgan fingerprint density at radius 2 is 2.24 bits per heavy atom. The first-order chi connectivity index (χ1) is 10.1. The number of hydrogen-bond donors (Lipinski definition) is 0. The molecule has 0 saturated heterocycles. The van der Waals surface area contributed by atoms with E-state index in [2.05, 4.69) is 4.98 Å². The standard InChI is InChI=1S/C13H11Cl3N2O3/c1-2-20-13(19)7-8(14)9(15)12(16)18-11(7)10-6(21-18)4-3-5-17-10/h3-5,8-9,12H,2H2,1H3. The number of carbonyl (C=O) groups is 1. The van der Waals surface area contributed by atoms with Gasteiger partial charge in [-0.1, -0.05) is 11.6 Å². The minimum Gasteiger partial charge on any atom is -0.463 e. The molecule has 2 aliphatic rings. The van der Waals surface area contributed by atoms with Crippen LogP contribution in [0.2, 0.25) is 0 Å². The first-order valence-electron chi connectivity index (χ1n) is 6.32. The van der Waals surface area contributed by atoms with Crippen molar-refractivity contribution in [3.05, 3.63) is 29.6 Å². The fourth-order valence-corrected chi connectivity index (χ4v) is 3.21. The molecule has 3 rings (SSSR count). The van der Waals surface area contributed by atoms with Crippen molar-refractivity contribution < 1.29 is 14.4 Å². The molecule has 0 N–H and O–H groups in total. The molecule has 1 aromatic rings. The van der Waals surface area contributed by atoms with E-state index < -0.39 is 22.2 Å². The van der Waals surface area contributed by atoms with Crippen molar-refractivity contribution in [2.75, 3.05) is 6.61 Å². The number of nitrogens with zero attached hydrogens (tertiary/aromatic N) is 2. The molecule has 0 aliphatic carbocycles. The van der Waals surface area contributed by atoms with Gasteiger partial charge in [0.15, 0.2) is 11.3 Å². The maximum atomic E-state index is 12.2. The number of aromatic nitrogens is 1. The Labute approximate surface area is 136 Å². The van der Waals surface area contributed by atoms with Crippen molar-refractivity contribution in [1.82, 2.24) is 10.0 Å². The Bertz CT molecular complexity index is 622. The second-order valence-corrected chi connectivity index (χ2v) is 5.89. The van der Waals surface area contributed by atoms with Crippen molar-refractivity contribution in [2.24, 2.45) is 0 Å². The third-order valence-electron chi connectivity index (χ3n) is 3.20. The second-order valence-electron chi connectivity index (χ2n) is 4.47. The van der Waals surface area contributed by atoms with E-state index >= 15 is 0 Å². The zero-order valence-corrected chi connectivity index (χ0v) is 13.2. The lowest BCUT2D eigenvalue weighted by atomic mass is 10.0. The van der Waals surface area contributed by atoms with Crippen molar-refractivity contribution >= 4 is 46.5 Å². The number of hydrogen-bond acceptors (Lipinski definition) is 5. The average Bonchev–Trinajstić information content (AvgIpc) is 2.85. The van der Waals surface area contributed by atoms with Crippen molar-refractivity contribution in [3.8, 4) is 5.75 Å². The normalized spacial score (nSPS) is 27.0. The van der Waals surface area contributed by atoms with Gasteiger partial charge in [0.25, 0.3) is 0 Å². The number of hydroxylamine groups is 2. The van der Waals surface area contributed by atoms with E-state index in [1.807, 2.05) is 0 Å². The lowest BCUT2D eigenvalue weighted by Crippen LogP contribution is -2.47. The van der Waals surface area contributed by atoms with Crippen LogP contribution in [0.25, 0.3) is 5.70 Å². The number of esters is 1. The van der Waals surface area contributed by atoms with E-state index in [4.69, 9.17) is 44.4 Å². The molecule has 3 atom stereocenters. The Morgan fingerprint density at radius 1 is 1.48 bits per heavy atom. The molecule has 0 fully saturated rings. The van der Waals surface area contributed by atoms with E-state index in [1.165, 1.54) is 5.06 Å². The molecule has 1 aromatic heterocycles. The molecule has 21 heavy (non-hydrogen) atoms. The van der Waals surface area contributed by atoms with E-state index in [9.17, 15) is 4.79 Å². The van der Waals surface area contributed by atoms with Gasteiger partial charge in [0.05, 0.1) is 22.9 Å². The highest BCUT2D eigenvalue weighted by Gasteiger charge is 2.49. The van der Waals surface area contributed by atoms with Crippen molar-refractivity contribution in [3.63, 3.8) is 0 Å². The minimum absolute atomic E-state index is 0.216. The summed E-state index contributed by atoms with van der Waals surface area (Å²) in [4.78, 5) is 22.1. The Morgan fingerprint density at radius 3 is 2.95 bits per heavy atom. The summed E-state index contributed by atoms with van der Waals surface area (Å²) >= 11 is 18.8. The largest absolute Gasteiger partial charge is 0.463 e. The maximum absolute atomic E-state index is 12.2. The zero-order valence-electron chi connectivity index (χ0n) is 10.9. The molecule has 0 amide bonds. The predicted octanol–water partition coefficient (Wildman–Crippen LogP) is 2.76. The lowest BCUT2D eigenvalue weighted by molar-refractivity contribution is -0.139. The SMILES string of the molecule is CCOC(=O)C1=C2c3ncccc3ON2C(Cl)C(Cl)C1Cl. The first-order valence-corrected chi connectivity index (χ1v) is 7.63. The number of carbonyl (C=O) groups excluding carboxylic acids is 1. The monoisotopic (exact) mass is 348 g/mol. The van der Waals surface area contributed by atoms with Gasteiger partial charge >= 0.3 is 5.97 Å². The number of ether oxygens (including phenoxy) is 1. The molecule has 5 nitrogen and oxygen atoms in total. The van der Waals surface area contributed by atoms with E-state index in [1.54, 1.807) is 25.3 Å². The molecule has 8 heteroatoms. The molecule has 112 valence electrons. The van der Waals surface area contributed by atoms with Gasteiger partial charge in [-0.25, -0.2) is 4.79 Å². The highest BCUT2D eigenvalue weighted by atomic mass is 35.5. The van der Waals surface area contributed by atoms with Crippen LogP contribution in [0.5, 0.6) is 5.75 Å². The zero-order chi connectivity index (χ0) is 15.1. The molecule has 0 saturated carbocycles. The molecular weight excluding hydrogens is 339 g/mol.